The molecule has 0 aliphatic rings. The fraction of sp³-hybridized carbons (Fsp3) is 0.176. The molecule has 0 aliphatic heterocycles. The highest BCUT2D eigenvalue weighted by atomic mass is 32.2. The average molecular weight is 355 g/mol. The molecule has 0 fully saturated rings. The van der Waals surface area contributed by atoms with E-state index in [0.717, 1.165) is 17.3 Å². The number of carbonyl (C=O) groups excluding carboxylic acids is 1. The molecule has 2 aromatic rings. The molecule has 1 aromatic carbocycles. The van der Waals surface area contributed by atoms with Crippen LogP contribution in [0.15, 0.2) is 35.4 Å². The lowest BCUT2D eigenvalue weighted by Gasteiger charge is -2.13. The van der Waals surface area contributed by atoms with Crippen LogP contribution in [0.2, 0.25) is 0 Å². The first kappa shape index (κ1) is 18.2. The Morgan fingerprint density at radius 1 is 1.32 bits per heavy atom. The molecule has 0 unspecified atom stereocenters. The lowest BCUT2D eigenvalue weighted by atomic mass is 10.2. The summed E-state index contributed by atoms with van der Waals surface area (Å²) in [7, 11) is 0. The summed E-state index contributed by atoms with van der Waals surface area (Å²) in [5.41, 5.74) is 6.74. The molecular weight excluding hydrogens is 341 g/mol. The molecule has 8 heteroatoms. The van der Waals surface area contributed by atoms with Crippen LogP contribution in [0.1, 0.15) is 23.6 Å². The average Bonchev–Trinajstić information content (AvgIpc) is 2.61. The number of aromatic nitrogens is 1. The Balaban J connectivity index is 2.04. The highest BCUT2D eigenvalue weighted by molar-refractivity contribution is 8.00. The van der Waals surface area contributed by atoms with Crippen molar-refractivity contribution in [3.05, 3.63) is 52.8 Å². The Kier molecular flexibility index (Phi) is 5.93. The van der Waals surface area contributed by atoms with E-state index in [-0.39, 0.29) is 35.2 Å². The van der Waals surface area contributed by atoms with Crippen molar-refractivity contribution in [3.8, 4) is 12.1 Å². The molecule has 0 saturated heterocycles. The van der Waals surface area contributed by atoms with Gasteiger partial charge in [0.15, 0.2) is 0 Å². The number of hydrogen-bond acceptors (Lipinski definition) is 6. The third-order valence-electron chi connectivity index (χ3n) is 3.30. The van der Waals surface area contributed by atoms with Crippen molar-refractivity contribution in [2.45, 2.75) is 23.7 Å². The van der Waals surface area contributed by atoms with E-state index in [9.17, 15) is 14.4 Å². The van der Waals surface area contributed by atoms with Crippen molar-refractivity contribution < 1.29 is 9.18 Å². The van der Waals surface area contributed by atoms with E-state index in [1.54, 1.807) is 19.1 Å². The van der Waals surface area contributed by atoms with Crippen LogP contribution < -0.4 is 11.1 Å². The van der Waals surface area contributed by atoms with Gasteiger partial charge in [0.25, 0.3) is 0 Å². The van der Waals surface area contributed by atoms with Gasteiger partial charge < -0.3 is 11.1 Å². The van der Waals surface area contributed by atoms with Gasteiger partial charge >= 0.3 is 0 Å². The second kappa shape index (κ2) is 8.13. The van der Waals surface area contributed by atoms with Crippen molar-refractivity contribution in [2.75, 3.05) is 5.73 Å². The Bertz CT molecular complexity index is 870. The summed E-state index contributed by atoms with van der Waals surface area (Å²) in [6, 6.07) is 11.0. The van der Waals surface area contributed by atoms with Gasteiger partial charge in [-0.25, -0.2) is 9.37 Å². The Hall–Kier alpha value is -3.10. The number of nitrogens with one attached hydrogen (secondary N) is 1. The van der Waals surface area contributed by atoms with Crippen LogP contribution >= 0.6 is 11.8 Å². The topological polar surface area (TPSA) is 116 Å². The van der Waals surface area contributed by atoms with E-state index in [1.165, 1.54) is 18.2 Å². The summed E-state index contributed by atoms with van der Waals surface area (Å²) in [5.74, 6) is -0.585. The van der Waals surface area contributed by atoms with Crippen molar-refractivity contribution >= 4 is 23.5 Å². The molecular formula is C17H14FN5OS. The van der Waals surface area contributed by atoms with Gasteiger partial charge in [0.2, 0.25) is 5.91 Å². The van der Waals surface area contributed by atoms with Crippen LogP contribution in [0.25, 0.3) is 0 Å². The number of hydrogen-bond donors (Lipinski definition) is 2. The minimum Gasteiger partial charge on any atom is -0.383 e. The molecule has 6 nitrogen and oxygen atoms in total. The standard InChI is InChI=1S/C17H14FN5OS/c1-10(16(24)22-9-11-2-4-14(18)5-3-11)25-17-13(8-20)6-12(7-19)15(21)23-17/h2-6,10H,9H2,1H3,(H2,21,23)(H,22,24)/t10-/m1/s1. The molecule has 1 aromatic heterocycles. The van der Waals surface area contributed by atoms with Crippen molar-refractivity contribution in [3.63, 3.8) is 0 Å². The number of benzene rings is 1. The first-order valence-electron chi connectivity index (χ1n) is 7.24. The van der Waals surface area contributed by atoms with Crippen molar-refractivity contribution in [2.24, 2.45) is 0 Å². The lowest BCUT2D eigenvalue weighted by molar-refractivity contribution is -0.120. The number of halogens is 1. The predicted molar refractivity (Wildman–Crippen MR) is 91.6 cm³/mol. The first-order valence-corrected chi connectivity index (χ1v) is 8.12. The number of nitrogen functional groups attached to an aromatic ring is 1. The predicted octanol–water partition coefficient (Wildman–Crippen LogP) is 2.34. The van der Waals surface area contributed by atoms with Crippen LogP contribution in [0.5, 0.6) is 0 Å². The Morgan fingerprint density at radius 3 is 2.56 bits per heavy atom. The van der Waals surface area contributed by atoms with Crippen LogP contribution in [0.4, 0.5) is 10.2 Å². The summed E-state index contributed by atoms with van der Waals surface area (Å²) in [5, 5.41) is 20.6. The maximum Gasteiger partial charge on any atom is 0.233 e. The Labute approximate surface area is 148 Å². The minimum atomic E-state index is -0.535. The minimum absolute atomic E-state index is 0.0166. The second-order valence-corrected chi connectivity index (χ2v) is 6.43. The maximum absolute atomic E-state index is 12.9. The van der Waals surface area contributed by atoms with Crippen molar-refractivity contribution in [1.29, 1.82) is 10.5 Å². The number of nitrogens with two attached hydrogens (primary N) is 1. The zero-order valence-corrected chi connectivity index (χ0v) is 14.1. The number of nitriles is 2. The first-order chi connectivity index (χ1) is 11.9. The van der Waals surface area contributed by atoms with Gasteiger partial charge in [-0.05, 0) is 30.7 Å². The lowest BCUT2D eigenvalue weighted by Crippen LogP contribution is -2.30. The molecule has 1 atom stereocenters. The van der Waals surface area contributed by atoms with E-state index in [2.05, 4.69) is 10.3 Å². The number of thioether (sulfide) groups is 1. The summed E-state index contributed by atoms with van der Waals surface area (Å²) in [6.07, 6.45) is 0. The zero-order chi connectivity index (χ0) is 18.4. The fourth-order valence-electron chi connectivity index (χ4n) is 1.93. The Morgan fingerprint density at radius 2 is 1.96 bits per heavy atom. The summed E-state index contributed by atoms with van der Waals surface area (Å²) >= 11 is 1.08. The van der Waals surface area contributed by atoms with Gasteiger partial charge in [-0.1, -0.05) is 23.9 Å². The van der Waals surface area contributed by atoms with Crippen LogP contribution in [-0.2, 0) is 11.3 Å². The molecule has 1 amide bonds. The summed E-state index contributed by atoms with van der Waals surface area (Å²) in [6.45, 7) is 1.93. The molecule has 3 N–H and O–H groups in total. The number of pyridine rings is 1. The van der Waals surface area contributed by atoms with E-state index >= 15 is 0 Å². The third kappa shape index (κ3) is 4.69. The van der Waals surface area contributed by atoms with Crippen LogP contribution in [0.3, 0.4) is 0 Å². The molecule has 0 bridgehead atoms. The van der Waals surface area contributed by atoms with Gasteiger partial charge in [-0.3, -0.25) is 4.79 Å². The molecule has 0 aliphatic carbocycles. The maximum atomic E-state index is 12.9. The van der Waals surface area contributed by atoms with E-state index in [0.29, 0.717) is 5.03 Å². The molecule has 0 radical (unpaired) electrons. The normalized spacial score (nSPS) is 11.2. The summed E-state index contributed by atoms with van der Waals surface area (Å²) in [4.78, 5) is 16.2. The third-order valence-corrected chi connectivity index (χ3v) is 4.40. The van der Waals surface area contributed by atoms with E-state index < -0.39 is 5.25 Å². The number of nitrogens with zero attached hydrogens (tertiary/aromatic N) is 3. The van der Waals surface area contributed by atoms with Gasteiger partial charge in [0.1, 0.15) is 28.8 Å². The second-order valence-electron chi connectivity index (χ2n) is 5.10. The summed E-state index contributed by atoms with van der Waals surface area (Å²) < 4.78 is 12.9. The highest BCUT2D eigenvalue weighted by Crippen LogP contribution is 2.27. The molecule has 1 heterocycles. The van der Waals surface area contributed by atoms with E-state index in [4.69, 9.17) is 11.0 Å². The SMILES string of the molecule is C[C@@H](Sc1nc(N)c(C#N)cc1C#N)C(=O)NCc1ccc(F)cc1. The number of anilines is 1. The van der Waals surface area contributed by atoms with Crippen LogP contribution in [-0.4, -0.2) is 16.1 Å². The molecule has 0 spiro atoms. The highest BCUT2D eigenvalue weighted by Gasteiger charge is 2.18. The fourth-order valence-corrected chi connectivity index (χ4v) is 2.83. The molecule has 25 heavy (non-hydrogen) atoms. The smallest absolute Gasteiger partial charge is 0.233 e. The van der Waals surface area contributed by atoms with Crippen LogP contribution in [0, 0.1) is 28.5 Å². The van der Waals surface area contributed by atoms with Gasteiger partial charge in [0, 0.05) is 6.54 Å². The number of carbonyl (C=O) groups is 1. The van der Waals surface area contributed by atoms with Gasteiger partial charge in [-0.2, -0.15) is 10.5 Å². The van der Waals surface area contributed by atoms with E-state index in [1.807, 2.05) is 12.1 Å². The molecule has 126 valence electrons. The molecule has 0 saturated carbocycles. The van der Waals surface area contributed by atoms with Gasteiger partial charge in [0.05, 0.1) is 16.4 Å². The quantitative estimate of drug-likeness (QED) is 0.795. The monoisotopic (exact) mass is 355 g/mol. The van der Waals surface area contributed by atoms with Gasteiger partial charge in [-0.15, -0.1) is 0 Å². The number of rotatable bonds is 5. The van der Waals surface area contributed by atoms with Crippen molar-refractivity contribution in [1.82, 2.24) is 10.3 Å². The zero-order valence-electron chi connectivity index (χ0n) is 13.3. The number of amides is 1. The largest absolute Gasteiger partial charge is 0.383 e. The molecule has 2 rings (SSSR count).